The van der Waals surface area contributed by atoms with Crippen LogP contribution in [0, 0.1) is 0 Å². The van der Waals surface area contributed by atoms with Crippen molar-refractivity contribution < 1.29 is 0 Å². The highest BCUT2D eigenvalue weighted by Gasteiger charge is 2.14. The fourth-order valence-corrected chi connectivity index (χ4v) is 5.48. The van der Waals surface area contributed by atoms with Crippen LogP contribution in [-0.4, -0.2) is 0 Å². The molecule has 4 rings (SSSR count). The van der Waals surface area contributed by atoms with Crippen molar-refractivity contribution in [3.05, 3.63) is 69.9 Å². The lowest BCUT2D eigenvalue weighted by atomic mass is 9.96. The van der Waals surface area contributed by atoms with Gasteiger partial charge in [0.1, 0.15) is 0 Å². The Morgan fingerprint density at radius 3 is 2.48 bits per heavy atom. The van der Waals surface area contributed by atoms with Crippen LogP contribution in [0.5, 0.6) is 0 Å². The molecule has 23 heavy (non-hydrogen) atoms. The molecule has 116 valence electrons. The Morgan fingerprint density at radius 2 is 1.70 bits per heavy atom. The average molecular weight is 337 g/mol. The molecule has 2 heterocycles. The summed E-state index contributed by atoms with van der Waals surface area (Å²) >= 11 is 3.80. The van der Waals surface area contributed by atoms with Crippen LogP contribution in [0.3, 0.4) is 0 Å². The molecule has 0 aliphatic heterocycles. The molecule has 0 saturated heterocycles. The highest BCUT2D eigenvalue weighted by atomic mass is 32.1. The van der Waals surface area contributed by atoms with E-state index in [9.17, 15) is 0 Å². The minimum absolute atomic E-state index is 0.446. The summed E-state index contributed by atoms with van der Waals surface area (Å²) in [5.74, 6) is 1.04. The molecule has 0 aliphatic rings. The summed E-state index contributed by atoms with van der Waals surface area (Å²) < 4.78 is 2.80. The first kappa shape index (κ1) is 14.9. The molecule has 2 aromatic heterocycles. The van der Waals surface area contributed by atoms with Gasteiger partial charge in [0, 0.05) is 20.2 Å². The lowest BCUT2D eigenvalue weighted by molar-refractivity contribution is 0.880. The maximum absolute atomic E-state index is 2.39. The molecule has 0 amide bonds. The SMILES string of the molecule is CC(C)c1csc2cc(C(C)c3cc4ccccc4s3)ccc12. The van der Waals surface area contributed by atoms with E-state index in [0.29, 0.717) is 11.8 Å². The van der Waals surface area contributed by atoms with E-state index in [-0.39, 0.29) is 0 Å². The Balaban J connectivity index is 1.75. The largest absolute Gasteiger partial charge is 0.144 e. The standard InChI is InChI=1S/C21H20S2/c1-13(2)18-12-22-21-10-15(8-9-17(18)21)14(3)20-11-16-6-4-5-7-19(16)23-20/h4-14H,1-3H3. The molecule has 0 bridgehead atoms. The van der Waals surface area contributed by atoms with Gasteiger partial charge in [-0.05, 0) is 51.4 Å². The Bertz CT molecular complexity index is 939. The Hall–Kier alpha value is -1.64. The first-order valence-corrected chi connectivity index (χ1v) is 9.82. The molecule has 1 unspecified atom stereocenters. The van der Waals surface area contributed by atoms with Crippen LogP contribution in [0.25, 0.3) is 20.2 Å². The highest BCUT2D eigenvalue weighted by molar-refractivity contribution is 7.19. The zero-order valence-electron chi connectivity index (χ0n) is 13.7. The van der Waals surface area contributed by atoms with Crippen molar-refractivity contribution in [3.63, 3.8) is 0 Å². The van der Waals surface area contributed by atoms with Gasteiger partial charge in [0.2, 0.25) is 0 Å². The summed E-state index contributed by atoms with van der Waals surface area (Å²) in [5, 5.41) is 5.11. The van der Waals surface area contributed by atoms with E-state index in [0.717, 1.165) is 0 Å². The van der Waals surface area contributed by atoms with Crippen molar-refractivity contribution >= 4 is 42.8 Å². The third-order valence-electron chi connectivity index (χ3n) is 4.62. The van der Waals surface area contributed by atoms with Crippen molar-refractivity contribution in [1.82, 2.24) is 0 Å². The normalized spacial score (nSPS) is 13.2. The smallest absolute Gasteiger partial charge is 0.0348 e. The quantitative estimate of drug-likeness (QED) is 0.366. The first-order chi connectivity index (χ1) is 11.1. The van der Waals surface area contributed by atoms with Crippen LogP contribution >= 0.6 is 22.7 Å². The van der Waals surface area contributed by atoms with Gasteiger partial charge in [-0.2, -0.15) is 0 Å². The Morgan fingerprint density at radius 1 is 0.870 bits per heavy atom. The van der Waals surface area contributed by atoms with Gasteiger partial charge in [-0.3, -0.25) is 0 Å². The summed E-state index contributed by atoms with van der Waals surface area (Å²) in [5.41, 5.74) is 2.90. The second-order valence-corrected chi connectivity index (χ2v) is 8.54. The number of fused-ring (bicyclic) bond motifs is 2. The van der Waals surface area contributed by atoms with Crippen LogP contribution < -0.4 is 0 Å². The molecule has 0 radical (unpaired) electrons. The molecule has 1 atom stereocenters. The van der Waals surface area contributed by atoms with E-state index in [4.69, 9.17) is 0 Å². The molecule has 2 aromatic carbocycles. The summed E-state index contributed by atoms with van der Waals surface area (Å²) in [6.45, 7) is 6.87. The van der Waals surface area contributed by atoms with Gasteiger partial charge in [0.25, 0.3) is 0 Å². The Labute approximate surface area is 145 Å². The third kappa shape index (κ3) is 2.60. The van der Waals surface area contributed by atoms with Gasteiger partial charge in [0.15, 0.2) is 0 Å². The maximum Gasteiger partial charge on any atom is 0.0348 e. The van der Waals surface area contributed by atoms with Gasteiger partial charge in [-0.25, -0.2) is 0 Å². The molecule has 0 nitrogen and oxygen atoms in total. The molecular weight excluding hydrogens is 316 g/mol. The second-order valence-electron chi connectivity index (χ2n) is 6.51. The number of hydrogen-bond donors (Lipinski definition) is 0. The van der Waals surface area contributed by atoms with Crippen LogP contribution in [0.2, 0.25) is 0 Å². The topological polar surface area (TPSA) is 0 Å². The van der Waals surface area contributed by atoms with E-state index in [1.165, 1.54) is 36.2 Å². The summed E-state index contributed by atoms with van der Waals surface area (Å²) in [4.78, 5) is 1.45. The van der Waals surface area contributed by atoms with Crippen LogP contribution in [0.15, 0.2) is 53.9 Å². The number of rotatable bonds is 3. The van der Waals surface area contributed by atoms with Gasteiger partial charge >= 0.3 is 0 Å². The fraction of sp³-hybridized carbons (Fsp3) is 0.238. The molecule has 2 heteroatoms. The average Bonchev–Trinajstić information content (AvgIpc) is 3.17. The molecule has 4 aromatic rings. The predicted molar refractivity (Wildman–Crippen MR) is 105 cm³/mol. The van der Waals surface area contributed by atoms with E-state index < -0.39 is 0 Å². The van der Waals surface area contributed by atoms with Crippen LogP contribution in [0.4, 0.5) is 0 Å². The van der Waals surface area contributed by atoms with Gasteiger partial charge < -0.3 is 0 Å². The summed E-state index contributed by atoms with van der Waals surface area (Å²) in [6, 6.07) is 18.0. The maximum atomic E-state index is 2.39. The number of hydrogen-bond acceptors (Lipinski definition) is 2. The molecule has 0 spiro atoms. The number of thiophene rings is 2. The monoisotopic (exact) mass is 336 g/mol. The minimum atomic E-state index is 0.446. The van der Waals surface area contributed by atoms with Crippen molar-refractivity contribution in [2.75, 3.05) is 0 Å². The zero-order chi connectivity index (χ0) is 16.0. The lowest BCUT2D eigenvalue weighted by Gasteiger charge is -2.10. The third-order valence-corrected chi connectivity index (χ3v) is 6.89. The van der Waals surface area contributed by atoms with Crippen molar-refractivity contribution in [2.24, 2.45) is 0 Å². The number of benzene rings is 2. The second kappa shape index (κ2) is 5.77. The van der Waals surface area contributed by atoms with Crippen molar-refractivity contribution in [1.29, 1.82) is 0 Å². The molecular formula is C21H20S2. The molecule has 0 saturated carbocycles. The molecule has 0 N–H and O–H groups in total. The van der Waals surface area contributed by atoms with E-state index in [2.05, 4.69) is 74.7 Å². The van der Waals surface area contributed by atoms with E-state index >= 15 is 0 Å². The predicted octanol–water partition coefficient (Wildman–Crippen LogP) is 7.39. The summed E-state index contributed by atoms with van der Waals surface area (Å²) in [7, 11) is 0. The van der Waals surface area contributed by atoms with E-state index in [1.807, 2.05) is 22.7 Å². The molecule has 0 aliphatic carbocycles. The van der Waals surface area contributed by atoms with Gasteiger partial charge in [-0.15, -0.1) is 22.7 Å². The van der Waals surface area contributed by atoms with Crippen LogP contribution in [0.1, 0.15) is 48.6 Å². The molecule has 0 fully saturated rings. The fourth-order valence-electron chi connectivity index (χ4n) is 3.16. The van der Waals surface area contributed by atoms with Crippen molar-refractivity contribution in [2.45, 2.75) is 32.6 Å². The van der Waals surface area contributed by atoms with Gasteiger partial charge in [-0.1, -0.05) is 51.1 Å². The highest BCUT2D eigenvalue weighted by Crippen LogP contribution is 2.37. The Kier molecular flexibility index (Phi) is 3.74. The van der Waals surface area contributed by atoms with E-state index in [1.54, 1.807) is 0 Å². The summed E-state index contributed by atoms with van der Waals surface area (Å²) in [6.07, 6.45) is 0. The van der Waals surface area contributed by atoms with Crippen LogP contribution in [-0.2, 0) is 0 Å². The first-order valence-electron chi connectivity index (χ1n) is 8.13. The zero-order valence-corrected chi connectivity index (χ0v) is 15.3. The minimum Gasteiger partial charge on any atom is -0.144 e. The van der Waals surface area contributed by atoms with Crippen molar-refractivity contribution in [3.8, 4) is 0 Å². The lowest BCUT2D eigenvalue weighted by Crippen LogP contribution is -1.92. The van der Waals surface area contributed by atoms with Gasteiger partial charge in [0.05, 0.1) is 0 Å².